The van der Waals surface area contributed by atoms with Crippen LogP contribution in [0.4, 0.5) is 9.59 Å². The molecule has 7 rings (SSSR count). The molecule has 5 aromatic heterocycles. The Labute approximate surface area is 375 Å². The van der Waals surface area contributed by atoms with Gasteiger partial charge in [-0.3, -0.25) is 18.9 Å². The Morgan fingerprint density at radius 3 is 1.73 bits per heavy atom. The molecule has 7 heterocycles. The Kier molecular flexibility index (Phi) is 13.7. The van der Waals surface area contributed by atoms with Gasteiger partial charge in [-0.1, -0.05) is 47.9 Å². The number of pyridine rings is 2. The summed E-state index contributed by atoms with van der Waals surface area (Å²) in [5.74, 6) is 2.49. The van der Waals surface area contributed by atoms with Crippen molar-refractivity contribution < 1.29 is 33.0 Å². The second kappa shape index (κ2) is 18.4. The van der Waals surface area contributed by atoms with Crippen LogP contribution in [-0.2, 0) is 32.4 Å². The lowest BCUT2D eigenvalue weighted by Crippen LogP contribution is -2.37. The van der Waals surface area contributed by atoms with E-state index >= 15 is 0 Å². The molecule has 2 amide bonds. The highest BCUT2D eigenvalue weighted by Gasteiger charge is 2.38. The first-order valence-electron chi connectivity index (χ1n) is 22.2. The van der Waals surface area contributed by atoms with Crippen LogP contribution in [0.25, 0.3) is 45.0 Å². The van der Waals surface area contributed by atoms with E-state index in [1.165, 1.54) is 0 Å². The number of hydrogen-bond donors (Lipinski definition) is 0. The fourth-order valence-corrected chi connectivity index (χ4v) is 10.7. The van der Waals surface area contributed by atoms with Gasteiger partial charge in [0.2, 0.25) is 0 Å². The minimum Gasteiger partial charge on any atom is -0.456 e. The van der Waals surface area contributed by atoms with Crippen LogP contribution in [0, 0.1) is 0 Å². The van der Waals surface area contributed by atoms with Crippen LogP contribution in [0.2, 0.25) is 51.4 Å². The summed E-state index contributed by atoms with van der Waals surface area (Å²) < 4.78 is 34.7. The van der Waals surface area contributed by atoms with E-state index in [1.807, 2.05) is 74.9 Å². The van der Waals surface area contributed by atoms with E-state index in [2.05, 4.69) is 39.3 Å². The van der Waals surface area contributed by atoms with Crippen molar-refractivity contribution >= 4 is 59.2 Å². The van der Waals surface area contributed by atoms with E-state index in [4.69, 9.17) is 43.3 Å². The number of furan rings is 1. The van der Waals surface area contributed by atoms with Crippen LogP contribution >= 0.6 is 8.58 Å². The second-order valence-electron chi connectivity index (χ2n) is 21.2. The molecule has 0 aliphatic carbocycles. The highest BCUT2D eigenvalue weighted by atomic mass is 31.1. The predicted molar refractivity (Wildman–Crippen MR) is 254 cm³/mol. The van der Waals surface area contributed by atoms with Crippen molar-refractivity contribution in [2.75, 3.05) is 32.5 Å². The van der Waals surface area contributed by atoms with Gasteiger partial charge in [-0.2, -0.15) is 0 Å². The molecule has 2 aliphatic rings. The Bertz CT molecular complexity index is 2260. The molecule has 18 heteroatoms. The first kappa shape index (κ1) is 46.8. The standard InChI is InChI=1S/C45H67N8O7PSi2/c1-44(2,3)59-42(54)50-17-13-14-34(50)39-48-32-24-30(26-46-37(32)52(39)28-56-19-22-62(7,8)9)35-15-16-36(58-35)31-25-33-38(47-27-31)53(29-57-20-23-63(10,11)12)40(49-33)41-51(18-21-61-41)43(55)60-45(4,5)6/h15-16,24-27,34,41,61H,13-14,17-23,28-29H2,1-12H3/t34-,41?/m0/s1. The Hall–Kier alpha value is -4.16. The van der Waals surface area contributed by atoms with Gasteiger partial charge in [-0.25, -0.2) is 29.5 Å². The fourth-order valence-electron chi connectivity index (χ4n) is 7.64. The van der Waals surface area contributed by atoms with Crippen LogP contribution in [-0.4, -0.2) is 111 Å². The molecule has 2 unspecified atom stereocenters. The number of likely N-dealkylation sites (tertiary alicyclic amines) is 1. The van der Waals surface area contributed by atoms with Crippen molar-refractivity contribution in [3.8, 4) is 22.6 Å². The molecule has 0 aromatic carbocycles. The zero-order chi connectivity index (χ0) is 45.5. The summed E-state index contributed by atoms with van der Waals surface area (Å²) >= 11 is 0. The van der Waals surface area contributed by atoms with Crippen molar-refractivity contribution in [3.63, 3.8) is 0 Å². The molecule has 5 aromatic rings. The molecule has 0 N–H and O–H groups in total. The van der Waals surface area contributed by atoms with E-state index in [0.717, 1.165) is 53.9 Å². The molecule has 0 radical (unpaired) electrons. The molecule has 0 spiro atoms. The average Bonchev–Trinajstić information content (AvgIpc) is 4.02. The summed E-state index contributed by atoms with van der Waals surface area (Å²) in [5.41, 5.74) is 3.05. The van der Waals surface area contributed by atoms with Gasteiger partial charge in [-0.15, -0.1) is 0 Å². The number of amides is 2. The maximum atomic E-state index is 13.4. The van der Waals surface area contributed by atoms with Gasteiger partial charge < -0.3 is 23.4 Å². The lowest BCUT2D eigenvalue weighted by molar-refractivity contribution is 0.0202. The lowest BCUT2D eigenvalue weighted by Gasteiger charge is -2.28. The van der Waals surface area contributed by atoms with E-state index in [0.29, 0.717) is 68.7 Å². The minimum atomic E-state index is -1.31. The van der Waals surface area contributed by atoms with Crippen molar-refractivity contribution in [1.29, 1.82) is 0 Å². The second-order valence-corrected chi connectivity index (χ2v) is 33.8. The van der Waals surface area contributed by atoms with E-state index in [-0.39, 0.29) is 37.5 Å². The molecule has 2 aliphatic heterocycles. The topological polar surface area (TPSA) is 152 Å². The minimum absolute atomic E-state index is 0.245. The van der Waals surface area contributed by atoms with Gasteiger partial charge in [0.1, 0.15) is 64.6 Å². The molecule has 15 nitrogen and oxygen atoms in total. The van der Waals surface area contributed by atoms with Crippen LogP contribution in [0.1, 0.15) is 77.9 Å². The van der Waals surface area contributed by atoms with Gasteiger partial charge in [-0.05, 0) is 96.9 Å². The zero-order valence-corrected chi connectivity index (χ0v) is 42.3. The monoisotopic (exact) mass is 918 g/mol. The van der Waals surface area contributed by atoms with Crippen LogP contribution in [0.5, 0.6) is 0 Å². The maximum Gasteiger partial charge on any atom is 0.411 e. The third kappa shape index (κ3) is 11.6. The smallest absolute Gasteiger partial charge is 0.411 e. The zero-order valence-electron chi connectivity index (χ0n) is 39.3. The summed E-state index contributed by atoms with van der Waals surface area (Å²) in [6.07, 6.45) is 5.39. The quantitative estimate of drug-likeness (QED) is 0.0594. The van der Waals surface area contributed by atoms with E-state index in [1.54, 1.807) is 22.2 Å². The number of rotatable bonds is 14. The summed E-state index contributed by atoms with van der Waals surface area (Å²) in [4.78, 5) is 50.5. The first-order valence-corrected chi connectivity index (χ1v) is 30.9. The molecule has 3 atom stereocenters. The maximum absolute atomic E-state index is 13.4. The third-order valence-corrected chi connectivity index (χ3v) is 15.8. The van der Waals surface area contributed by atoms with Crippen LogP contribution < -0.4 is 0 Å². The largest absolute Gasteiger partial charge is 0.456 e. The van der Waals surface area contributed by atoms with Gasteiger partial charge in [0.05, 0.1) is 6.04 Å². The molecular weight excluding hydrogens is 852 g/mol. The summed E-state index contributed by atoms with van der Waals surface area (Å²) in [5, 5.41) is 0. The van der Waals surface area contributed by atoms with Crippen molar-refractivity contribution in [3.05, 3.63) is 48.3 Å². The predicted octanol–water partition coefficient (Wildman–Crippen LogP) is 10.7. The highest BCUT2D eigenvalue weighted by Crippen LogP contribution is 2.44. The number of carbonyl (C=O) groups excluding carboxylic acids is 2. The summed E-state index contributed by atoms with van der Waals surface area (Å²) in [6.45, 7) is 28.4. The van der Waals surface area contributed by atoms with E-state index in [9.17, 15) is 9.59 Å². The molecule has 63 heavy (non-hydrogen) atoms. The molecule has 2 fully saturated rings. The van der Waals surface area contributed by atoms with Gasteiger partial charge in [0.25, 0.3) is 0 Å². The molecule has 0 bridgehead atoms. The Morgan fingerprint density at radius 2 is 1.22 bits per heavy atom. The number of imidazole rings is 2. The van der Waals surface area contributed by atoms with Crippen LogP contribution in [0.3, 0.4) is 0 Å². The number of ether oxygens (including phenoxy) is 4. The number of carbonyl (C=O) groups is 2. The normalized spacial score (nSPS) is 18.1. The SMILES string of the molecule is CC(C)(C)OC(=O)N1CCPC1c1nc2cc(-c3ccc(-c4cnc5c(c4)nc([C@@H]4CCCN4C(=O)OC(C)(C)C)n5COCC[Si](C)(C)C)o3)cnc2n1COCC[Si](C)(C)C. The number of hydrogen-bond acceptors (Lipinski definition) is 11. The van der Waals surface area contributed by atoms with Gasteiger partial charge in [0.15, 0.2) is 11.3 Å². The van der Waals surface area contributed by atoms with Crippen molar-refractivity contribution in [1.82, 2.24) is 38.9 Å². The van der Waals surface area contributed by atoms with Gasteiger partial charge in [0, 0.05) is 66.0 Å². The highest BCUT2D eigenvalue weighted by molar-refractivity contribution is 7.38. The molecule has 2 saturated heterocycles. The summed E-state index contributed by atoms with van der Waals surface area (Å²) in [7, 11) is -2.15. The average molecular weight is 919 g/mol. The Balaban J connectivity index is 1.18. The van der Waals surface area contributed by atoms with E-state index < -0.39 is 27.3 Å². The first-order chi connectivity index (χ1) is 29.5. The molecular formula is C45H67N8O7PSi2. The van der Waals surface area contributed by atoms with Crippen molar-refractivity contribution in [2.24, 2.45) is 0 Å². The number of aromatic nitrogens is 6. The molecule has 0 saturated carbocycles. The summed E-state index contributed by atoms with van der Waals surface area (Å²) in [6, 6.07) is 9.62. The lowest BCUT2D eigenvalue weighted by atomic mass is 10.2. The van der Waals surface area contributed by atoms with Gasteiger partial charge >= 0.3 is 12.2 Å². The van der Waals surface area contributed by atoms with Crippen LogP contribution in [0.15, 0.2) is 41.1 Å². The number of fused-ring (bicyclic) bond motifs is 2. The third-order valence-electron chi connectivity index (χ3n) is 10.9. The Morgan fingerprint density at radius 1 is 0.730 bits per heavy atom. The number of nitrogens with zero attached hydrogens (tertiary/aromatic N) is 8. The fraction of sp³-hybridized carbons (Fsp3) is 0.600. The van der Waals surface area contributed by atoms with Crippen molar-refractivity contribution in [2.45, 2.75) is 142 Å². The molecule has 342 valence electrons.